The van der Waals surface area contributed by atoms with Gasteiger partial charge in [0.2, 0.25) is 0 Å². The Morgan fingerprint density at radius 2 is 2.19 bits per heavy atom. The molecule has 0 aliphatic carbocycles. The largest absolute Gasteiger partial charge is 0.508 e. The maximum atomic E-state index is 9.61. The molecule has 4 heteroatoms. The zero-order valence-corrected chi connectivity index (χ0v) is 9.73. The molecule has 0 unspecified atom stereocenters. The topological polar surface area (TPSA) is 61.7 Å². The maximum absolute atomic E-state index is 9.61. The van der Waals surface area contributed by atoms with Crippen LogP contribution in [0.25, 0.3) is 0 Å². The SMILES string of the molecule is CCOc1ccc(O)c(CNC[C@H](C)O)c1. The van der Waals surface area contributed by atoms with E-state index in [0.717, 1.165) is 11.3 Å². The first-order valence-corrected chi connectivity index (χ1v) is 5.47. The molecule has 4 nitrogen and oxygen atoms in total. The molecule has 16 heavy (non-hydrogen) atoms. The van der Waals surface area contributed by atoms with Crippen molar-refractivity contribution in [1.82, 2.24) is 5.32 Å². The Labute approximate surface area is 95.9 Å². The molecular weight excluding hydrogens is 206 g/mol. The highest BCUT2D eigenvalue weighted by molar-refractivity contribution is 5.39. The van der Waals surface area contributed by atoms with Crippen LogP contribution in [0.5, 0.6) is 11.5 Å². The highest BCUT2D eigenvalue weighted by Crippen LogP contribution is 2.22. The number of ether oxygens (including phenoxy) is 1. The summed E-state index contributed by atoms with van der Waals surface area (Å²) in [7, 11) is 0. The third kappa shape index (κ3) is 4.08. The molecule has 0 aliphatic heterocycles. The molecule has 0 heterocycles. The van der Waals surface area contributed by atoms with Crippen molar-refractivity contribution in [3.63, 3.8) is 0 Å². The summed E-state index contributed by atoms with van der Waals surface area (Å²) in [4.78, 5) is 0. The Hall–Kier alpha value is -1.26. The average molecular weight is 225 g/mol. The zero-order valence-electron chi connectivity index (χ0n) is 9.73. The molecule has 1 atom stereocenters. The predicted octanol–water partition coefficient (Wildman–Crippen LogP) is 1.26. The molecule has 0 aliphatic rings. The number of aliphatic hydroxyl groups excluding tert-OH is 1. The first-order valence-electron chi connectivity index (χ1n) is 5.47. The van der Waals surface area contributed by atoms with Gasteiger partial charge in [-0.15, -0.1) is 0 Å². The van der Waals surface area contributed by atoms with Gasteiger partial charge in [-0.3, -0.25) is 0 Å². The van der Waals surface area contributed by atoms with E-state index in [9.17, 15) is 5.11 Å². The van der Waals surface area contributed by atoms with Crippen molar-refractivity contribution in [2.24, 2.45) is 0 Å². The van der Waals surface area contributed by atoms with E-state index in [1.54, 1.807) is 25.1 Å². The van der Waals surface area contributed by atoms with Crippen molar-refractivity contribution < 1.29 is 14.9 Å². The number of nitrogens with one attached hydrogen (secondary N) is 1. The number of aromatic hydroxyl groups is 1. The molecule has 1 aromatic rings. The third-order valence-electron chi connectivity index (χ3n) is 2.12. The maximum Gasteiger partial charge on any atom is 0.120 e. The van der Waals surface area contributed by atoms with Gasteiger partial charge in [-0.1, -0.05) is 0 Å². The van der Waals surface area contributed by atoms with Gasteiger partial charge < -0.3 is 20.3 Å². The molecule has 1 aromatic carbocycles. The molecule has 0 aromatic heterocycles. The monoisotopic (exact) mass is 225 g/mol. The lowest BCUT2D eigenvalue weighted by atomic mass is 10.2. The van der Waals surface area contributed by atoms with Crippen LogP contribution in [0, 0.1) is 0 Å². The number of hydrogen-bond donors (Lipinski definition) is 3. The molecule has 0 amide bonds. The second kappa shape index (κ2) is 6.35. The van der Waals surface area contributed by atoms with Gasteiger partial charge in [0.15, 0.2) is 0 Å². The van der Waals surface area contributed by atoms with Crippen molar-refractivity contribution >= 4 is 0 Å². The number of aliphatic hydroxyl groups is 1. The lowest BCUT2D eigenvalue weighted by molar-refractivity contribution is 0.191. The summed E-state index contributed by atoms with van der Waals surface area (Å²) in [5.74, 6) is 0.982. The van der Waals surface area contributed by atoms with Crippen LogP contribution in [-0.2, 0) is 6.54 Å². The first kappa shape index (κ1) is 12.8. The molecule has 90 valence electrons. The summed E-state index contributed by atoms with van der Waals surface area (Å²) < 4.78 is 5.34. The lowest BCUT2D eigenvalue weighted by Gasteiger charge is -2.10. The van der Waals surface area contributed by atoms with E-state index in [1.807, 2.05) is 6.92 Å². The van der Waals surface area contributed by atoms with Crippen LogP contribution in [0.4, 0.5) is 0 Å². The number of rotatable bonds is 6. The van der Waals surface area contributed by atoms with Crippen molar-refractivity contribution in [3.8, 4) is 11.5 Å². The molecule has 1 rings (SSSR count). The first-order chi connectivity index (χ1) is 7.63. The molecular formula is C12H19NO3. The second-order valence-electron chi connectivity index (χ2n) is 3.70. The average Bonchev–Trinajstić information content (AvgIpc) is 2.22. The second-order valence-corrected chi connectivity index (χ2v) is 3.70. The van der Waals surface area contributed by atoms with Gasteiger partial charge in [0.05, 0.1) is 12.7 Å². The van der Waals surface area contributed by atoms with Crippen LogP contribution in [0.1, 0.15) is 19.4 Å². The molecule has 0 radical (unpaired) electrons. The summed E-state index contributed by atoms with van der Waals surface area (Å²) in [6, 6.07) is 5.15. The van der Waals surface area contributed by atoms with E-state index in [4.69, 9.17) is 9.84 Å². The van der Waals surface area contributed by atoms with Crippen molar-refractivity contribution in [2.75, 3.05) is 13.2 Å². The van der Waals surface area contributed by atoms with E-state index in [2.05, 4.69) is 5.32 Å². The molecule has 3 N–H and O–H groups in total. The molecule has 0 saturated heterocycles. The highest BCUT2D eigenvalue weighted by Gasteiger charge is 2.03. The van der Waals surface area contributed by atoms with Crippen molar-refractivity contribution in [1.29, 1.82) is 0 Å². The van der Waals surface area contributed by atoms with E-state index >= 15 is 0 Å². The Bertz CT molecular complexity index is 326. The van der Waals surface area contributed by atoms with Gasteiger partial charge in [0, 0.05) is 18.7 Å². The van der Waals surface area contributed by atoms with Crippen molar-refractivity contribution in [2.45, 2.75) is 26.5 Å². The van der Waals surface area contributed by atoms with Crippen LogP contribution in [0.15, 0.2) is 18.2 Å². The molecule has 0 saturated carbocycles. The van der Waals surface area contributed by atoms with Crippen LogP contribution in [0.2, 0.25) is 0 Å². The standard InChI is InChI=1S/C12H19NO3/c1-3-16-11-4-5-12(15)10(6-11)8-13-7-9(2)14/h4-6,9,13-15H,3,7-8H2,1-2H3/t9-/m0/s1. The Morgan fingerprint density at radius 3 is 2.81 bits per heavy atom. The lowest BCUT2D eigenvalue weighted by Crippen LogP contribution is -2.23. The number of hydrogen-bond acceptors (Lipinski definition) is 4. The third-order valence-corrected chi connectivity index (χ3v) is 2.12. The fourth-order valence-corrected chi connectivity index (χ4v) is 1.38. The number of phenols is 1. The van der Waals surface area contributed by atoms with Gasteiger partial charge in [-0.25, -0.2) is 0 Å². The highest BCUT2D eigenvalue weighted by atomic mass is 16.5. The number of phenolic OH excluding ortho intramolecular Hbond substituents is 1. The molecule has 0 spiro atoms. The quantitative estimate of drug-likeness (QED) is 0.682. The van der Waals surface area contributed by atoms with E-state index in [-0.39, 0.29) is 5.75 Å². The predicted molar refractivity (Wildman–Crippen MR) is 62.7 cm³/mol. The molecule has 0 fully saturated rings. The van der Waals surface area contributed by atoms with E-state index in [0.29, 0.717) is 19.7 Å². The normalized spacial score (nSPS) is 12.4. The summed E-state index contributed by atoms with van der Waals surface area (Å²) in [5.41, 5.74) is 0.770. The number of benzene rings is 1. The van der Waals surface area contributed by atoms with Gasteiger partial charge in [0.1, 0.15) is 11.5 Å². The summed E-state index contributed by atoms with van der Waals surface area (Å²) in [5, 5.41) is 21.7. The fourth-order valence-electron chi connectivity index (χ4n) is 1.38. The minimum absolute atomic E-state index is 0.238. The van der Waals surface area contributed by atoms with Crippen LogP contribution >= 0.6 is 0 Å². The minimum Gasteiger partial charge on any atom is -0.508 e. The van der Waals surface area contributed by atoms with Gasteiger partial charge in [-0.2, -0.15) is 0 Å². The Kier molecular flexibility index (Phi) is 5.08. The fraction of sp³-hybridized carbons (Fsp3) is 0.500. The summed E-state index contributed by atoms with van der Waals surface area (Å²) >= 11 is 0. The molecule has 0 bridgehead atoms. The van der Waals surface area contributed by atoms with Crippen molar-refractivity contribution in [3.05, 3.63) is 23.8 Å². The van der Waals surface area contributed by atoms with Gasteiger partial charge in [0.25, 0.3) is 0 Å². The Morgan fingerprint density at radius 1 is 1.44 bits per heavy atom. The van der Waals surface area contributed by atoms with Crippen LogP contribution in [-0.4, -0.2) is 29.5 Å². The summed E-state index contributed by atoms with van der Waals surface area (Å²) in [6.07, 6.45) is -0.391. The Balaban J connectivity index is 2.59. The van der Waals surface area contributed by atoms with E-state index < -0.39 is 6.10 Å². The van der Waals surface area contributed by atoms with E-state index in [1.165, 1.54) is 0 Å². The smallest absolute Gasteiger partial charge is 0.120 e. The van der Waals surface area contributed by atoms with Gasteiger partial charge in [-0.05, 0) is 32.0 Å². The van der Waals surface area contributed by atoms with Crippen LogP contribution in [0.3, 0.4) is 0 Å². The van der Waals surface area contributed by atoms with Crippen LogP contribution < -0.4 is 10.1 Å². The van der Waals surface area contributed by atoms with Gasteiger partial charge >= 0.3 is 0 Å². The zero-order chi connectivity index (χ0) is 12.0. The minimum atomic E-state index is -0.391. The summed E-state index contributed by atoms with van der Waals surface area (Å²) in [6.45, 7) is 5.24.